The van der Waals surface area contributed by atoms with Gasteiger partial charge in [0.2, 0.25) is 0 Å². The summed E-state index contributed by atoms with van der Waals surface area (Å²) >= 11 is 0. The van der Waals surface area contributed by atoms with E-state index in [4.69, 9.17) is 9.15 Å². The van der Waals surface area contributed by atoms with Gasteiger partial charge in [-0.05, 0) is 26.2 Å². The summed E-state index contributed by atoms with van der Waals surface area (Å²) in [5.41, 5.74) is 1.33. The summed E-state index contributed by atoms with van der Waals surface area (Å²) in [5, 5.41) is 3.01. The second-order valence-electron chi connectivity index (χ2n) is 6.97. The van der Waals surface area contributed by atoms with E-state index in [-0.39, 0.29) is 18.1 Å². The number of aromatic nitrogens is 3. The zero-order valence-electron chi connectivity index (χ0n) is 15.0. The first-order valence-corrected chi connectivity index (χ1v) is 8.95. The van der Waals surface area contributed by atoms with Gasteiger partial charge in [0.15, 0.2) is 12.1 Å². The molecule has 0 unspecified atom stereocenters. The molecule has 2 aromatic heterocycles. The van der Waals surface area contributed by atoms with Crippen molar-refractivity contribution in [1.82, 2.24) is 20.3 Å². The number of carbonyl (C=O) groups excluding carboxylic acids is 1. The van der Waals surface area contributed by atoms with E-state index in [0.29, 0.717) is 23.9 Å². The Morgan fingerprint density at radius 2 is 2.23 bits per heavy atom. The van der Waals surface area contributed by atoms with E-state index in [1.165, 1.54) is 6.39 Å². The molecule has 1 aliphatic carbocycles. The highest BCUT2D eigenvalue weighted by Gasteiger charge is 2.35. The Morgan fingerprint density at radius 3 is 2.96 bits per heavy atom. The first-order chi connectivity index (χ1) is 12.7. The highest BCUT2D eigenvalue weighted by atomic mass is 16.5. The van der Waals surface area contributed by atoms with E-state index in [0.717, 1.165) is 37.3 Å². The molecule has 0 spiro atoms. The second kappa shape index (κ2) is 7.03. The van der Waals surface area contributed by atoms with Gasteiger partial charge in [0.1, 0.15) is 17.9 Å². The predicted molar refractivity (Wildman–Crippen MR) is 94.1 cm³/mol. The number of nitrogens with one attached hydrogen (secondary N) is 1. The van der Waals surface area contributed by atoms with Gasteiger partial charge in [0, 0.05) is 37.9 Å². The number of carbonyl (C=O) groups is 1. The maximum Gasteiger partial charge on any atom is 0.273 e. The first kappa shape index (κ1) is 17.0. The molecule has 2 aliphatic rings. The third kappa shape index (κ3) is 3.41. The van der Waals surface area contributed by atoms with E-state index < -0.39 is 0 Å². The lowest BCUT2D eigenvalue weighted by Gasteiger charge is -2.25. The second-order valence-corrected chi connectivity index (χ2v) is 6.97. The van der Waals surface area contributed by atoms with Crippen LogP contribution in [0.5, 0.6) is 0 Å². The number of oxazole rings is 1. The molecule has 4 rings (SSSR count). The molecule has 0 aromatic carbocycles. The molecule has 1 aliphatic heterocycles. The Bertz CT molecular complexity index is 789. The number of hydrogen-bond acceptors (Lipinski definition) is 7. The molecule has 1 N–H and O–H groups in total. The molecule has 2 atom stereocenters. The number of anilines is 1. The molecular formula is C18H23N5O3. The van der Waals surface area contributed by atoms with E-state index in [1.54, 1.807) is 13.4 Å². The van der Waals surface area contributed by atoms with Crippen LogP contribution in [-0.4, -0.2) is 53.2 Å². The van der Waals surface area contributed by atoms with Crippen LogP contribution in [0.15, 0.2) is 23.2 Å². The van der Waals surface area contributed by atoms with Crippen molar-refractivity contribution in [2.45, 2.75) is 44.2 Å². The minimum atomic E-state index is -0.180. The van der Waals surface area contributed by atoms with Crippen molar-refractivity contribution >= 4 is 11.7 Å². The smallest absolute Gasteiger partial charge is 0.273 e. The third-order valence-electron chi connectivity index (χ3n) is 5.05. The fourth-order valence-electron chi connectivity index (χ4n) is 3.47. The van der Waals surface area contributed by atoms with E-state index >= 15 is 0 Å². The van der Waals surface area contributed by atoms with E-state index in [1.807, 2.05) is 13.0 Å². The molecule has 1 saturated carbocycles. The van der Waals surface area contributed by atoms with Crippen molar-refractivity contribution in [2.75, 3.05) is 25.1 Å². The van der Waals surface area contributed by atoms with Gasteiger partial charge < -0.3 is 19.4 Å². The zero-order chi connectivity index (χ0) is 18.1. The quantitative estimate of drug-likeness (QED) is 0.840. The molecule has 3 heterocycles. The third-order valence-corrected chi connectivity index (χ3v) is 5.05. The molecule has 1 saturated heterocycles. The summed E-state index contributed by atoms with van der Waals surface area (Å²) in [5.74, 6) is 1.74. The summed E-state index contributed by atoms with van der Waals surface area (Å²) in [6, 6.07) is 2.06. The largest absolute Gasteiger partial charge is 0.447 e. The van der Waals surface area contributed by atoms with Crippen molar-refractivity contribution in [3.63, 3.8) is 0 Å². The van der Waals surface area contributed by atoms with Gasteiger partial charge >= 0.3 is 0 Å². The molecule has 2 aromatic rings. The summed E-state index contributed by atoms with van der Waals surface area (Å²) in [6.45, 7) is 3.18. The van der Waals surface area contributed by atoms with Gasteiger partial charge in [-0.25, -0.2) is 15.0 Å². The standard InChI is InChI=1S/C18H23N5O3/c1-11-5-15(21-9-20-11)23-8-14(25-2)6-13(23)7-19-18(24)16-17(12-3-4-12)26-10-22-16/h5,9-10,12-14H,3-4,6-8H2,1-2H3,(H,19,24)/t13-,14-/m0/s1. The van der Waals surface area contributed by atoms with E-state index in [9.17, 15) is 4.79 Å². The van der Waals surface area contributed by atoms with Crippen LogP contribution in [0, 0.1) is 6.92 Å². The molecule has 0 bridgehead atoms. The minimum Gasteiger partial charge on any atom is -0.447 e. The Balaban J connectivity index is 1.45. The Kier molecular flexibility index (Phi) is 4.58. The van der Waals surface area contributed by atoms with Crippen LogP contribution in [0.2, 0.25) is 0 Å². The first-order valence-electron chi connectivity index (χ1n) is 8.95. The normalized spacial score (nSPS) is 22.6. The van der Waals surface area contributed by atoms with Gasteiger partial charge in [-0.2, -0.15) is 0 Å². The van der Waals surface area contributed by atoms with E-state index in [2.05, 4.69) is 25.2 Å². The Labute approximate surface area is 152 Å². The molecule has 8 heteroatoms. The van der Waals surface area contributed by atoms with Crippen molar-refractivity contribution in [3.8, 4) is 0 Å². The highest BCUT2D eigenvalue weighted by Crippen LogP contribution is 2.41. The molecular weight excluding hydrogens is 334 g/mol. The van der Waals surface area contributed by atoms with Crippen molar-refractivity contribution in [2.24, 2.45) is 0 Å². The SMILES string of the molecule is CO[C@H]1C[C@@H](CNC(=O)c2ncoc2C2CC2)N(c2cc(C)ncn2)C1. The van der Waals surface area contributed by atoms with Crippen LogP contribution < -0.4 is 10.2 Å². The molecule has 8 nitrogen and oxygen atoms in total. The maximum atomic E-state index is 12.6. The fourth-order valence-corrected chi connectivity index (χ4v) is 3.47. The summed E-state index contributed by atoms with van der Waals surface area (Å²) < 4.78 is 10.9. The van der Waals surface area contributed by atoms with Gasteiger partial charge in [0.05, 0.1) is 12.1 Å². The lowest BCUT2D eigenvalue weighted by Crippen LogP contribution is -2.41. The average molecular weight is 357 g/mol. The molecule has 26 heavy (non-hydrogen) atoms. The Hall–Kier alpha value is -2.48. The van der Waals surface area contributed by atoms with Crippen LogP contribution in [-0.2, 0) is 4.74 Å². The highest BCUT2D eigenvalue weighted by molar-refractivity contribution is 5.93. The fraction of sp³-hybridized carbons (Fsp3) is 0.556. The topological polar surface area (TPSA) is 93.4 Å². The van der Waals surface area contributed by atoms with Crippen molar-refractivity contribution in [3.05, 3.63) is 35.9 Å². The van der Waals surface area contributed by atoms with Crippen LogP contribution in [0.25, 0.3) is 0 Å². The summed E-state index contributed by atoms with van der Waals surface area (Å²) in [6.07, 6.45) is 5.99. The maximum absolute atomic E-state index is 12.6. The number of rotatable bonds is 6. The number of aryl methyl sites for hydroxylation is 1. The lowest BCUT2D eigenvalue weighted by atomic mass is 10.2. The van der Waals surface area contributed by atoms with Gasteiger partial charge in [-0.3, -0.25) is 4.79 Å². The van der Waals surface area contributed by atoms with Gasteiger partial charge in [-0.15, -0.1) is 0 Å². The van der Waals surface area contributed by atoms with Gasteiger partial charge in [0.25, 0.3) is 5.91 Å². The van der Waals surface area contributed by atoms with Crippen LogP contribution in [0.3, 0.4) is 0 Å². The number of methoxy groups -OCH3 is 1. The number of nitrogens with zero attached hydrogens (tertiary/aromatic N) is 4. The van der Waals surface area contributed by atoms with Crippen LogP contribution >= 0.6 is 0 Å². The molecule has 2 fully saturated rings. The number of hydrogen-bond donors (Lipinski definition) is 1. The Morgan fingerprint density at radius 1 is 1.38 bits per heavy atom. The molecule has 1 amide bonds. The van der Waals surface area contributed by atoms with Gasteiger partial charge in [-0.1, -0.05) is 0 Å². The monoisotopic (exact) mass is 357 g/mol. The predicted octanol–water partition coefficient (Wildman–Crippen LogP) is 1.67. The number of amides is 1. The zero-order valence-corrected chi connectivity index (χ0v) is 15.0. The minimum absolute atomic E-state index is 0.106. The summed E-state index contributed by atoms with van der Waals surface area (Å²) in [4.78, 5) is 27.4. The molecule has 0 radical (unpaired) electrons. The van der Waals surface area contributed by atoms with Crippen LogP contribution in [0.1, 0.15) is 47.1 Å². The van der Waals surface area contributed by atoms with Crippen LogP contribution in [0.4, 0.5) is 5.82 Å². The summed E-state index contributed by atoms with van der Waals surface area (Å²) in [7, 11) is 1.71. The average Bonchev–Trinajstić information content (AvgIpc) is 3.21. The number of ether oxygens (including phenoxy) is 1. The molecule has 138 valence electrons. The van der Waals surface area contributed by atoms with Crippen molar-refractivity contribution in [1.29, 1.82) is 0 Å². The lowest BCUT2D eigenvalue weighted by molar-refractivity contribution is 0.0940. The van der Waals surface area contributed by atoms with Crippen molar-refractivity contribution < 1.29 is 13.9 Å².